The average Bonchev–Trinajstić information content (AvgIpc) is 3.11. The number of rotatable bonds is 10. The molecule has 6 heteroatoms. The Morgan fingerprint density at radius 3 is 2.74 bits per heavy atom. The number of nitrogens with one attached hydrogen (secondary N) is 1. The Morgan fingerprint density at radius 1 is 1.11 bits per heavy atom. The summed E-state index contributed by atoms with van der Waals surface area (Å²) in [6.07, 6.45) is 7.77. The number of aromatic nitrogens is 3. The molecular weight excluding hydrogens is 358 g/mol. The molecule has 0 amide bonds. The molecule has 144 valence electrons. The quantitative estimate of drug-likeness (QED) is 0.397. The molecule has 0 aliphatic carbocycles. The van der Waals surface area contributed by atoms with E-state index in [1.165, 1.54) is 25.7 Å². The fraction of sp³-hybridized carbons (Fsp3) is 0.429. The van der Waals surface area contributed by atoms with Gasteiger partial charge in [0, 0.05) is 22.9 Å². The van der Waals surface area contributed by atoms with E-state index in [1.54, 1.807) is 6.20 Å². The van der Waals surface area contributed by atoms with E-state index in [2.05, 4.69) is 21.9 Å². The molecule has 0 fully saturated rings. The molecule has 1 unspecified atom stereocenters. The molecule has 3 aromatic rings. The van der Waals surface area contributed by atoms with E-state index in [-0.39, 0.29) is 0 Å². The second-order valence-corrected chi connectivity index (χ2v) is 8.06. The fourth-order valence-corrected chi connectivity index (χ4v) is 4.08. The zero-order valence-electron chi connectivity index (χ0n) is 16.0. The van der Waals surface area contributed by atoms with Gasteiger partial charge in [0.25, 0.3) is 0 Å². The molecule has 1 atom stereocenters. The third-order valence-corrected chi connectivity index (χ3v) is 5.78. The number of ether oxygens (including phenoxy) is 1. The van der Waals surface area contributed by atoms with Gasteiger partial charge < -0.3 is 9.29 Å². The number of unbranched alkanes of at least 4 members (excludes halogenated alkanes) is 4. The van der Waals surface area contributed by atoms with Crippen LogP contribution in [-0.2, 0) is 16.9 Å². The summed E-state index contributed by atoms with van der Waals surface area (Å²) in [4.78, 5) is 12.0. The summed E-state index contributed by atoms with van der Waals surface area (Å²) in [6.45, 7) is 4.90. The number of fused-ring (bicyclic) bond motifs is 1. The van der Waals surface area contributed by atoms with Gasteiger partial charge in [0.2, 0.25) is 0 Å². The number of H-pyrrole nitrogens is 1. The molecule has 0 saturated heterocycles. The second-order valence-electron chi connectivity index (χ2n) is 6.69. The summed E-state index contributed by atoms with van der Waals surface area (Å²) in [5.41, 5.74) is 3.46. The highest BCUT2D eigenvalue weighted by molar-refractivity contribution is 7.90. The van der Waals surface area contributed by atoms with E-state index in [0.29, 0.717) is 17.5 Å². The van der Waals surface area contributed by atoms with Gasteiger partial charge in [-0.05, 0) is 31.5 Å². The largest absolute Gasteiger partial charge is 0.609 e. The third kappa shape index (κ3) is 5.23. The number of aromatic amines is 1. The zero-order chi connectivity index (χ0) is 19.1. The first-order valence-corrected chi connectivity index (χ1v) is 10.9. The molecule has 27 heavy (non-hydrogen) atoms. The van der Waals surface area contributed by atoms with Gasteiger partial charge >= 0.3 is 5.16 Å². The predicted molar refractivity (Wildman–Crippen MR) is 109 cm³/mol. The standard InChI is InChI=1S/C21H27N3O2S/c1-3-4-5-6-9-14-26-20-12-13-22-19(16(20)2)15-27(25)21-23-17-10-7-8-11-18(17)24-21/h7-8,10-13H,3-6,9,14-15H2,1-2H3,(H,23,24). The molecule has 0 saturated carbocycles. The first kappa shape index (κ1) is 19.7. The average molecular weight is 386 g/mol. The first-order chi connectivity index (χ1) is 13.2. The molecule has 3 rings (SSSR count). The van der Waals surface area contributed by atoms with Crippen LogP contribution in [0.15, 0.2) is 41.7 Å². The highest BCUT2D eigenvalue weighted by Gasteiger charge is 2.20. The molecule has 0 radical (unpaired) electrons. The van der Waals surface area contributed by atoms with Gasteiger partial charge in [-0.1, -0.05) is 44.7 Å². The number of hydrogen-bond donors (Lipinski definition) is 1. The topological polar surface area (TPSA) is 73.9 Å². The highest BCUT2D eigenvalue weighted by Crippen LogP contribution is 2.24. The number of benzene rings is 1. The number of hydrogen-bond acceptors (Lipinski definition) is 4. The van der Waals surface area contributed by atoms with Crippen molar-refractivity contribution >= 4 is 22.2 Å². The molecule has 1 N–H and O–H groups in total. The molecule has 0 aliphatic rings. The maximum atomic E-state index is 12.7. The summed E-state index contributed by atoms with van der Waals surface area (Å²) < 4.78 is 18.7. The van der Waals surface area contributed by atoms with Crippen LogP contribution in [0.1, 0.15) is 50.3 Å². The van der Waals surface area contributed by atoms with Crippen LogP contribution in [-0.4, -0.2) is 26.1 Å². The van der Waals surface area contributed by atoms with Crippen molar-refractivity contribution in [3.05, 3.63) is 47.8 Å². The third-order valence-electron chi connectivity index (χ3n) is 4.62. The van der Waals surface area contributed by atoms with Crippen LogP contribution in [0, 0.1) is 6.92 Å². The minimum atomic E-state index is -1.28. The van der Waals surface area contributed by atoms with Crippen LogP contribution in [0.2, 0.25) is 0 Å². The van der Waals surface area contributed by atoms with Gasteiger partial charge in [-0.15, -0.1) is 0 Å². The minimum absolute atomic E-state index is 0.319. The summed E-state index contributed by atoms with van der Waals surface area (Å²) in [5.74, 6) is 1.15. The van der Waals surface area contributed by atoms with Crippen LogP contribution in [0.25, 0.3) is 11.0 Å². The summed E-state index contributed by atoms with van der Waals surface area (Å²) in [7, 11) is 0. The van der Waals surface area contributed by atoms with E-state index in [9.17, 15) is 4.55 Å². The van der Waals surface area contributed by atoms with E-state index in [0.717, 1.165) is 34.5 Å². The smallest absolute Gasteiger partial charge is 0.322 e. The van der Waals surface area contributed by atoms with Gasteiger partial charge in [0.1, 0.15) is 5.75 Å². The maximum Gasteiger partial charge on any atom is 0.322 e. The SMILES string of the molecule is CCCCCCCOc1ccnc(C[S+]([O-])c2nc3ccccc3[nH]2)c1C. The Labute approximate surface area is 163 Å². The van der Waals surface area contributed by atoms with E-state index in [4.69, 9.17) is 4.74 Å². The molecule has 0 spiro atoms. The maximum absolute atomic E-state index is 12.7. The van der Waals surface area contributed by atoms with E-state index < -0.39 is 11.2 Å². The van der Waals surface area contributed by atoms with E-state index in [1.807, 2.05) is 37.3 Å². The normalized spacial score (nSPS) is 12.4. The summed E-state index contributed by atoms with van der Waals surface area (Å²) in [5, 5.41) is 0.486. The Bertz CT molecular complexity index is 833. The highest BCUT2D eigenvalue weighted by atomic mass is 32.2. The Morgan fingerprint density at radius 2 is 1.93 bits per heavy atom. The Kier molecular flexibility index (Phi) is 7.12. The first-order valence-electron chi connectivity index (χ1n) is 9.59. The van der Waals surface area contributed by atoms with Crippen molar-refractivity contribution in [3.8, 4) is 5.75 Å². The number of para-hydroxylation sites is 2. The van der Waals surface area contributed by atoms with Crippen LogP contribution < -0.4 is 4.74 Å². The van der Waals surface area contributed by atoms with Gasteiger partial charge in [0.15, 0.2) is 5.75 Å². The molecule has 1 aromatic carbocycles. The molecule has 0 bridgehead atoms. The summed E-state index contributed by atoms with van der Waals surface area (Å²) >= 11 is -1.28. The second kappa shape index (κ2) is 9.76. The number of imidazole rings is 1. The Balaban J connectivity index is 1.61. The van der Waals surface area contributed by atoms with Crippen molar-refractivity contribution in [1.82, 2.24) is 15.0 Å². The van der Waals surface area contributed by atoms with Gasteiger partial charge in [-0.3, -0.25) is 9.97 Å². The molecule has 2 aromatic heterocycles. The molecule has 2 heterocycles. The van der Waals surface area contributed by atoms with Gasteiger partial charge in [-0.25, -0.2) is 0 Å². The van der Waals surface area contributed by atoms with Crippen molar-refractivity contribution in [2.45, 2.75) is 56.9 Å². The van der Waals surface area contributed by atoms with Gasteiger partial charge in [-0.2, -0.15) is 4.98 Å². The lowest BCUT2D eigenvalue weighted by molar-refractivity contribution is 0.302. The monoisotopic (exact) mass is 385 g/mol. The fourth-order valence-electron chi connectivity index (χ4n) is 2.98. The van der Waals surface area contributed by atoms with Crippen molar-refractivity contribution in [2.24, 2.45) is 0 Å². The van der Waals surface area contributed by atoms with E-state index >= 15 is 0 Å². The van der Waals surface area contributed by atoms with Gasteiger partial charge in [0.05, 0.1) is 23.3 Å². The molecular formula is C21H27N3O2S. The van der Waals surface area contributed by atoms with Crippen molar-refractivity contribution in [2.75, 3.05) is 6.61 Å². The number of pyridine rings is 1. The lowest BCUT2D eigenvalue weighted by atomic mass is 10.2. The van der Waals surface area contributed by atoms with Crippen molar-refractivity contribution < 1.29 is 9.29 Å². The minimum Gasteiger partial charge on any atom is -0.609 e. The van der Waals surface area contributed by atoms with Crippen LogP contribution in [0.4, 0.5) is 0 Å². The predicted octanol–water partition coefficient (Wildman–Crippen LogP) is 4.92. The van der Waals surface area contributed by atoms with Crippen molar-refractivity contribution in [3.63, 3.8) is 0 Å². The lowest BCUT2D eigenvalue weighted by Gasteiger charge is -2.13. The summed E-state index contributed by atoms with van der Waals surface area (Å²) in [6, 6.07) is 9.58. The zero-order valence-corrected chi connectivity index (χ0v) is 16.8. The van der Waals surface area contributed by atoms with Crippen LogP contribution in [0.5, 0.6) is 5.75 Å². The number of nitrogens with zero attached hydrogens (tertiary/aromatic N) is 2. The molecule has 5 nitrogen and oxygen atoms in total. The van der Waals surface area contributed by atoms with Crippen molar-refractivity contribution in [1.29, 1.82) is 0 Å². The lowest BCUT2D eigenvalue weighted by Crippen LogP contribution is -2.10. The Hall–Kier alpha value is -2.05. The van der Waals surface area contributed by atoms with Crippen LogP contribution >= 0.6 is 0 Å². The molecule has 0 aliphatic heterocycles. The van der Waals surface area contributed by atoms with Crippen LogP contribution in [0.3, 0.4) is 0 Å².